The number of rotatable bonds is 2. The summed E-state index contributed by atoms with van der Waals surface area (Å²) in [6.07, 6.45) is 0. The van der Waals surface area contributed by atoms with Gasteiger partial charge in [0.05, 0.1) is 5.03 Å². The maximum atomic E-state index is 10.9. The molecule has 0 saturated carbocycles. The van der Waals surface area contributed by atoms with Crippen LogP contribution in [0.15, 0.2) is 22.0 Å². The van der Waals surface area contributed by atoms with E-state index in [4.69, 9.17) is 11.6 Å². The number of H-pyrrole nitrogens is 1. The van der Waals surface area contributed by atoms with Crippen molar-refractivity contribution in [2.45, 2.75) is 11.9 Å². The average molecular weight is 190 g/mol. The minimum Gasteiger partial charge on any atom is -0.316 e. The molecule has 0 atom stereocenters. The molecule has 1 aromatic rings. The van der Waals surface area contributed by atoms with Gasteiger partial charge < -0.3 is 4.98 Å². The van der Waals surface area contributed by atoms with E-state index in [1.54, 1.807) is 23.9 Å². The van der Waals surface area contributed by atoms with E-state index in [9.17, 15) is 4.79 Å². The zero-order chi connectivity index (χ0) is 8.27. The summed E-state index contributed by atoms with van der Waals surface area (Å²) in [6, 6.07) is 3.41. The Bertz CT molecular complexity index is 297. The minimum absolute atomic E-state index is 0.217. The van der Waals surface area contributed by atoms with Crippen molar-refractivity contribution in [3.8, 4) is 0 Å². The van der Waals surface area contributed by atoms with Crippen LogP contribution >= 0.6 is 23.4 Å². The second kappa shape index (κ2) is 3.83. The Kier molecular flexibility index (Phi) is 3.02. The van der Waals surface area contributed by atoms with Gasteiger partial charge in [0, 0.05) is 0 Å². The molecular weight excluding hydrogens is 182 g/mol. The molecule has 0 radical (unpaired) electrons. The highest BCUT2D eigenvalue weighted by molar-refractivity contribution is 7.99. The average Bonchev–Trinajstić information content (AvgIpc) is 1.98. The van der Waals surface area contributed by atoms with Gasteiger partial charge in [0.25, 0.3) is 5.56 Å². The summed E-state index contributed by atoms with van der Waals surface area (Å²) in [5.41, 5.74) is -0.217. The topological polar surface area (TPSA) is 32.9 Å². The van der Waals surface area contributed by atoms with Gasteiger partial charge in [-0.3, -0.25) is 4.79 Å². The number of nitrogens with one attached hydrogen (secondary N) is 1. The monoisotopic (exact) mass is 189 g/mol. The summed E-state index contributed by atoms with van der Waals surface area (Å²) in [5.74, 6) is 0.942. The number of hydrogen-bond acceptors (Lipinski definition) is 2. The molecule has 0 aromatic carbocycles. The summed E-state index contributed by atoms with van der Waals surface area (Å²) in [7, 11) is 0. The molecule has 4 heteroatoms. The van der Waals surface area contributed by atoms with Gasteiger partial charge in [0.15, 0.2) is 0 Å². The van der Waals surface area contributed by atoms with Crippen LogP contribution in [0.5, 0.6) is 0 Å². The highest BCUT2D eigenvalue weighted by Crippen LogP contribution is 2.13. The van der Waals surface area contributed by atoms with Crippen molar-refractivity contribution in [2.75, 3.05) is 5.75 Å². The van der Waals surface area contributed by atoms with Gasteiger partial charge in [-0.25, -0.2) is 0 Å². The normalized spacial score (nSPS) is 10.0. The van der Waals surface area contributed by atoms with Gasteiger partial charge in [0.2, 0.25) is 0 Å². The van der Waals surface area contributed by atoms with Crippen LogP contribution in [-0.2, 0) is 0 Å². The third-order valence-corrected chi connectivity index (χ3v) is 2.27. The number of hydrogen-bond donors (Lipinski definition) is 1. The Hall–Kier alpha value is -0.410. The van der Waals surface area contributed by atoms with Crippen LogP contribution in [0, 0.1) is 0 Å². The Morgan fingerprint density at radius 2 is 2.36 bits per heavy atom. The zero-order valence-corrected chi connectivity index (χ0v) is 7.63. The zero-order valence-electron chi connectivity index (χ0n) is 6.06. The van der Waals surface area contributed by atoms with Crippen LogP contribution in [0.2, 0.25) is 5.02 Å². The second-order valence-corrected chi connectivity index (χ2v) is 3.65. The first-order valence-corrected chi connectivity index (χ1v) is 4.62. The van der Waals surface area contributed by atoms with E-state index >= 15 is 0 Å². The molecule has 0 spiro atoms. The minimum atomic E-state index is -0.217. The van der Waals surface area contributed by atoms with E-state index in [1.165, 1.54) is 0 Å². The van der Waals surface area contributed by atoms with Crippen molar-refractivity contribution < 1.29 is 0 Å². The Labute approximate surface area is 74.0 Å². The van der Waals surface area contributed by atoms with Crippen molar-refractivity contribution in [1.82, 2.24) is 4.98 Å². The van der Waals surface area contributed by atoms with Crippen LogP contribution in [0.4, 0.5) is 0 Å². The van der Waals surface area contributed by atoms with Gasteiger partial charge in [-0.1, -0.05) is 18.5 Å². The summed E-state index contributed by atoms with van der Waals surface area (Å²) < 4.78 is 0. The largest absolute Gasteiger partial charge is 0.316 e. The molecule has 1 aromatic heterocycles. The van der Waals surface area contributed by atoms with Crippen LogP contribution < -0.4 is 5.56 Å². The molecule has 0 fully saturated rings. The van der Waals surface area contributed by atoms with Crippen LogP contribution in [0.25, 0.3) is 0 Å². The third-order valence-electron chi connectivity index (χ3n) is 1.13. The van der Waals surface area contributed by atoms with Crippen molar-refractivity contribution in [1.29, 1.82) is 0 Å². The van der Waals surface area contributed by atoms with Crippen LogP contribution in [0.1, 0.15) is 6.92 Å². The first-order valence-electron chi connectivity index (χ1n) is 3.25. The molecule has 0 amide bonds. The number of halogens is 1. The van der Waals surface area contributed by atoms with Gasteiger partial charge >= 0.3 is 0 Å². The standard InChI is InChI=1S/C7H8ClNOS/c1-2-11-6-4-3-5(8)7(10)9-6/h3-4H,2H2,1H3,(H,9,10). The van der Waals surface area contributed by atoms with E-state index < -0.39 is 0 Å². The lowest BCUT2D eigenvalue weighted by Gasteiger charge is -1.96. The molecule has 1 heterocycles. The molecule has 0 aliphatic carbocycles. The fraction of sp³-hybridized carbons (Fsp3) is 0.286. The Morgan fingerprint density at radius 3 is 2.91 bits per heavy atom. The molecule has 0 unspecified atom stereocenters. The lowest BCUT2D eigenvalue weighted by atomic mass is 10.5. The molecule has 0 saturated heterocycles. The molecule has 11 heavy (non-hydrogen) atoms. The Balaban J connectivity index is 2.96. The molecular formula is C7H8ClNOS. The summed E-state index contributed by atoms with van der Waals surface area (Å²) in [5, 5.41) is 1.10. The fourth-order valence-electron chi connectivity index (χ4n) is 0.678. The summed E-state index contributed by atoms with van der Waals surface area (Å²) in [6.45, 7) is 2.03. The number of aromatic amines is 1. The highest BCUT2D eigenvalue weighted by Gasteiger charge is 1.96. The van der Waals surface area contributed by atoms with Crippen LogP contribution in [-0.4, -0.2) is 10.7 Å². The van der Waals surface area contributed by atoms with Gasteiger partial charge in [-0.2, -0.15) is 0 Å². The van der Waals surface area contributed by atoms with Crippen molar-refractivity contribution >= 4 is 23.4 Å². The van der Waals surface area contributed by atoms with Gasteiger partial charge in [-0.05, 0) is 17.9 Å². The second-order valence-electron chi connectivity index (χ2n) is 1.93. The van der Waals surface area contributed by atoms with E-state index in [0.717, 1.165) is 10.8 Å². The van der Waals surface area contributed by atoms with Gasteiger partial charge in [-0.15, -0.1) is 11.8 Å². The van der Waals surface area contributed by atoms with E-state index in [-0.39, 0.29) is 10.6 Å². The van der Waals surface area contributed by atoms with E-state index in [0.29, 0.717) is 0 Å². The Morgan fingerprint density at radius 1 is 1.64 bits per heavy atom. The molecule has 1 N–H and O–H groups in total. The third kappa shape index (κ3) is 2.27. The molecule has 2 nitrogen and oxygen atoms in total. The van der Waals surface area contributed by atoms with Crippen molar-refractivity contribution in [3.63, 3.8) is 0 Å². The quantitative estimate of drug-likeness (QED) is 0.724. The maximum absolute atomic E-state index is 10.9. The lowest BCUT2D eigenvalue weighted by Crippen LogP contribution is -2.05. The molecule has 1 rings (SSSR count). The van der Waals surface area contributed by atoms with Gasteiger partial charge in [0.1, 0.15) is 5.02 Å². The number of aromatic nitrogens is 1. The number of pyridine rings is 1. The fourth-order valence-corrected chi connectivity index (χ4v) is 1.43. The van der Waals surface area contributed by atoms with Crippen molar-refractivity contribution in [2.24, 2.45) is 0 Å². The van der Waals surface area contributed by atoms with E-state index in [2.05, 4.69) is 4.98 Å². The predicted molar refractivity (Wildman–Crippen MR) is 48.5 cm³/mol. The lowest BCUT2D eigenvalue weighted by molar-refractivity contribution is 1.08. The van der Waals surface area contributed by atoms with E-state index in [1.807, 2.05) is 6.92 Å². The first-order chi connectivity index (χ1) is 5.24. The highest BCUT2D eigenvalue weighted by atomic mass is 35.5. The van der Waals surface area contributed by atoms with Crippen LogP contribution in [0.3, 0.4) is 0 Å². The van der Waals surface area contributed by atoms with Crippen molar-refractivity contribution in [3.05, 3.63) is 27.5 Å². The molecule has 0 aliphatic heterocycles. The summed E-state index contributed by atoms with van der Waals surface area (Å²) in [4.78, 5) is 13.6. The predicted octanol–water partition coefficient (Wildman–Crippen LogP) is 2.14. The molecule has 0 bridgehead atoms. The maximum Gasteiger partial charge on any atom is 0.267 e. The SMILES string of the molecule is CCSc1ccc(Cl)c(=O)[nH]1. The summed E-state index contributed by atoms with van der Waals surface area (Å²) >= 11 is 7.11. The number of thioether (sulfide) groups is 1. The molecule has 60 valence electrons. The smallest absolute Gasteiger partial charge is 0.267 e. The first kappa shape index (κ1) is 8.68. The molecule has 0 aliphatic rings.